The van der Waals surface area contributed by atoms with Crippen LogP contribution in [0.3, 0.4) is 0 Å². The molecule has 0 aliphatic carbocycles. The highest BCUT2D eigenvalue weighted by Crippen LogP contribution is 2.22. The van der Waals surface area contributed by atoms with Gasteiger partial charge in [-0.3, -0.25) is 9.59 Å². The van der Waals surface area contributed by atoms with Crippen molar-refractivity contribution in [3.8, 4) is 0 Å². The summed E-state index contributed by atoms with van der Waals surface area (Å²) < 4.78 is 0. The summed E-state index contributed by atoms with van der Waals surface area (Å²) in [4.78, 5) is 22.8. The number of rotatable bonds is 5. The second kappa shape index (κ2) is 6.19. The maximum atomic E-state index is 12.1. The Bertz CT molecular complexity index is 413. The first-order valence-electron chi connectivity index (χ1n) is 6.03. The molecule has 4 heteroatoms. The lowest BCUT2D eigenvalue weighted by atomic mass is 9.84. The number of carbonyl (C=O) groups excluding carboxylic acids is 2. The molecule has 0 aliphatic heterocycles. The van der Waals surface area contributed by atoms with E-state index in [9.17, 15) is 9.59 Å². The van der Waals surface area contributed by atoms with Gasteiger partial charge >= 0.3 is 0 Å². The zero-order valence-corrected chi connectivity index (χ0v) is 11.1. The zero-order chi connectivity index (χ0) is 13.6. The van der Waals surface area contributed by atoms with Crippen LogP contribution in [0.1, 0.15) is 26.3 Å². The Kier molecular flexibility index (Phi) is 4.89. The van der Waals surface area contributed by atoms with E-state index < -0.39 is 5.41 Å². The van der Waals surface area contributed by atoms with Gasteiger partial charge in [-0.2, -0.15) is 0 Å². The summed E-state index contributed by atoms with van der Waals surface area (Å²) in [7, 11) is 0. The largest absolute Gasteiger partial charge is 0.355 e. The molecule has 0 spiro atoms. The van der Waals surface area contributed by atoms with E-state index in [2.05, 4.69) is 10.6 Å². The van der Waals surface area contributed by atoms with Crippen LogP contribution in [0.4, 0.5) is 0 Å². The monoisotopic (exact) mass is 248 g/mol. The van der Waals surface area contributed by atoms with Gasteiger partial charge in [0.15, 0.2) is 0 Å². The van der Waals surface area contributed by atoms with Gasteiger partial charge in [0, 0.05) is 20.0 Å². The standard InChI is InChI=1S/C14H20N2O2/c1-11(17)15-9-10-16-13(18)14(2,3)12-7-5-4-6-8-12/h4-8H,9-10H2,1-3H3,(H,15,17)(H,16,18). The Morgan fingerprint density at radius 1 is 1.06 bits per heavy atom. The van der Waals surface area contributed by atoms with Crippen molar-refractivity contribution < 1.29 is 9.59 Å². The zero-order valence-electron chi connectivity index (χ0n) is 11.1. The minimum absolute atomic E-state index is 0.0425. The maximum absolute atomic E-state index is 12.1. The van der Waals surface area contributed by atoms with Crippen molar-refractivity contribution in [3.63, 3.8) is 0 Å². The van der Waals surface area contributed by atoms with Gasteiger partial charge in [0.2, 0.25) is 11.8 Å². The average molecular weight is 248 g/mol. The number of nitrogens with one attached hydrogen (secondary N) is 2. The minimum atomic E-state index is -0.572. The average Bonchev–Trinajstić information content (AvgIpc) is 2.35. The third-order valence-corrected chi connectivity index (χ3v) is 2.85. The summed E-state index contributed by atoms with van der Waals surface area (Å²) in [6, 6.07) is 9.64. The van der Waals surface area contributed by atoms with Crippen molar-refractivity contribution >= 4 is 11.8 Å². The quantitative estimate of drug-likeness (QED) is 0.770. The van der Waals surface area contributed by atoms with Crippen molar-refractivity contribution in [2.24, 2.45) is 0 Å². The molecule has 1 rings (SSSR count). The first-order valence-corrected chi connectivity index (χ1v) is 6.03. The Balaban J connectivity index is 2.52. The molecule has 0 unspecified atom stereocenters. The van der Waals surface area contributed by atoms with Crippen molar-refractivity contribution in [2.75, 3.05) is 13.1 Å². The van der Waals surface area contributed by atoms with Crippen LogP contribution in [-0.4, -0.2) is 24.9 Å². The van der Waals surface area contributed by atoms with Crippen LogP contribution in [-0.2, 0) is 15.0 Å². The molecule has 98 valence electrons. The Hall–Kier alpha value is -1.84. The number of amides is 2. The van der Waals surface area contributed by atoms with E-state index in [4.69, 9.17) is 0 Å². The van der Waals surface area contributed by atoms with E-state index in [1.807, 2.05) is 44.2 Å². The molecule has 0 saturated heterocycles. The molecule has 1 aromatic carbocycles. The molecule has 0 bridgehead atoms. The lowest BCUT2D eigenvalue weighted by Gasteiger charge is -2.24. The molecular formula is C14H20N2O2. The second-order valence-corrected chi connectivity index (χ2v) is 4.73. The van der Waals surface area contributed by atoms with E-state index in [1.54, 1.807) is 0 Å². The molecule has 0 fully saturated rings. The van der Waals surface area contributed by atoms with E-state index in [1.165, 1.54) is 6.92 Å². The SMILES string of the molecule is CC(=O)NCCNC(=O)C(C)(C)c1ccccc1. The molecule has 18 heavy (non-hydrogen) atoms. The highest BCUT2D eigenvalue weighted by molar-refractivity contribution is 5.87. The van der Waals surface area contributed by atoms with Crippen molar-refractivity contribution in [1.82, 2.24) is 10.6 Å². The summed E-state index contributed by atoms with van der Waals surface area (Å²) >= 11 is 0. The van der Waals surface area contributed by atoms with E-state index >= 15 is 0 Å². The highest BCUT2D eigenvalue weighted by Gasteiger charge is 2.28. The number of hydrogen-bond acceptors (Lipinski definition) is 2. The Labute approximate surface area is 108 Å². The summed E-state index contributed by atoms with van der Waals surface area (Å²) in [6.07, 6.45) is 0. The molecule has 0 radical (unpaired) electrons. The third-order valence-electron chi connectivity index (χ3n) is 2.85. The van der Waals surface area contributed by atoms with Gasteiger partial charge in [-0.1, -0.05) is 30.3 Å². The molecule has 1 aromatic rings. The molecule has 0 saturated carbocycles. The van der Waals surface area contributed by atoms with Crippen LogP contribution in [0.15, 0.2) is 30.3 Å². The highest BCUT2D eigenvalue weighted by atomic mass is 16.2. The van der Waals surface area contributed by atoms with Gasteiger partial charge in [0.25, 0.3) is 0 Å². The second-order valence-electron chi connectivity index (χ2n) is 4.73. The van der Waals surface area contributed by atoms with Gasteiger partial charge in [-0.15, -0.1) is 0 Å². The van der Waals surface area contributed by atoms with Gasteiger partial charge in [0.05, 0.1) is 5.41 Å². The van der Waals surface area contributed by atoms with E-state index in [0.717, 1.165) is 5.56 Å². The summed E-state index contributed by atoms with van der Waals surface area (Å²) in [6.45, 7) is 6.11. The molecule has 0 heterocycles. The summed E-state index contributed by atoms with van der Waals surface area (Å²) in [5.74, 6) is -0.134. The topological polar surface area (TPSA) is 58.2 Å². The minimum Gasteiger partial charge on any atom is -0.355 e. The van der Waals surface area contributed by atoms with Crippen LogP contribution in [0.25, 0.3) is 0 Å². The fraction of sp³-hybridized carbons (Fsp3) is 0.429. The van der Waals surface area contributed by atoms with E-state index in [-0.39, 0.29) is 11.8 Å². The molecular weight excluding hydrogens is 228 g/mol. The predicted octanol–water partition coefficient (Wildman–Crippen LogP) is 1.22. The van der Waals surface area contributed by atoms with Gasteiger partial charge < -0.3 is 10.6 Å². The summed E-state index contributed by atoms with van der Waals surface area (Å²) in [5.41, 5.74) is 0.402. The lowest BCUT2D eigenvalue weighted by molar-refractivity contribution is -0.126. The molecule has 0 aromatic heterocycles. The Morgan fingerprint density at radius 2 is 1.61 bits per heavy atom. The van der Waals surface area contributed by atoms with Gasteiger partial charge in [0.1, 0.15) is 0 Å². The third kappa shape index (κ3) is 3.87. The Morgan fingerprint density at radius 3 is 2.17 bits per heavy atom. The number of carbonyl (C=O) groups is 2. The van der Waals surface area contributed by atoms with Crippen LogP contribution in [0.2, 0.25) is 0 Å². The van der Waals surface area contributed by atoms with Crippen molar-refractivity contribution in [1.29, 1.82) is 0 Å². The molecule has 4 nitrogen and oxygen atoms in total. The normalized spacial score (nSPS) is 10.8. The van der Waals surface area contributed by atoms with Crippen LogP contribution in [0.5, 0.6) is 0 Å². The van der Waals surface area contributed by atoms with E-state index in [0.29, 0.717) is 13.1 Å². The van der Waals surface area contributed by atoms with Crippen molar-refractivity contribution in [2.45, 2.75) is 26.2 Å². The molecule has 2 amide bonds. The first kappa shape index (κ1) is 14.2. The maximum Gasteiger partial charge on any atom is 0.230 e. The molecule has 0 atom stereocenters. The van der Waals surface area contributed by atoms with Crippen molar-refractivity contribution in [3.05, 3.63) is 35.9 Å². The number of hydrogen-bond donors (Lipinski definition) is 2. The number of benzene rings is 1. The fourth-order valence-electron chi connectivity index (χ4n) is 1.62. The summed E-state index contributed by atoms with van der Waals surface area (Å²) in [5, 5.41) is 5.46. The van der Waals surface area contributed by atoms with Crippen LogP contribution >= 0.6 is 0 Å². The molecule has 0 aliphatic rings. The predicted molar refractivity (Wildman–Crippen MR) is 71.2 cm³/mol. The van der Waals surface area contributed by atoms with Crippen LogP contribution in [0, 0.1) is 0 Å². The van der Waals surface area contributed by atoms with Gasteiger partial charge in [-0.25, -0.2) is 0 Å². The smallest absolute Gasteiger partial charge is 0.230 e. The lowest BCUT2D eigenvalue weighted by Crippen LogP contribution is -2.43. The van der Waals surface area contributed by atoms with Gasteiger partial charge in [-0.05, 0) is 19.4 Å². The van der Waals surface area contributed by atoms with Crippen LogP contribution < -0.4 is 10.6 Å². The molecule has 2 N–H and O–H groups in total. The first-order chi connectivity index (χ1) is 8.44. The fourth-order valence-corrected chi connectivity index (χ4v) is 1.62.